The van der Waals surface area contributed by atoms with Crippen LogP contribution in [0.15, 0.2) is 36.7 Å². The van der Waals surface area contributed by atoms with E-state index in [1.54, 1.807) is 12.3 Å². The number of hydrogen-bond donors (Lipinski definition) is 1. The standard InChI is InChI=1S/C16H18N4O3.ClH/c1-2-3-4-5-12-6-8-14(17-10-12)16(21)19-15-9-7-13(11-18-15)20(22)23;/h6-11H,2-5H2,1H3,(H,18,19,21);1H. The average Bonchev–Trinajstić information content (AvgIpc) is 2.56. The fourth-order valence-electron chi connectivity index (χ4n) is 2.03. The van der Waals surface area contributed by atoms with E-state index in [1.165, 1.54) is 18.6 Å². The van der Waals surface area contributed by atoms with Gasteiger partial charge in [-0.25, -0.2) is 4.98 Å². The van der Waals surface area contributed by atoms with Crippen LogP contribution in [0.4, 0.5) is 11.5 Å². The van der Waals surface area contributed by atoms with Gasteiger partial charge in [-0.1, -0.05) is 25.8 Å². The molecular weight excluding hydrogens is 332 g/mol. The van der Waals surface area contributed by atoms with Gasteiger partial charge in [-0.05, 0) is 30.5 Å². The summed E-state index contributed by atoms with van der Waals surface area (Å²) in [7, 11) is 0. The SMILES string of the molecule is CCCCCc1ccc(C(=O)Nc2ccc([N+](=O)[O-])cn2)nc1.Cl. The number of carbonyl (C=O) groups excluding carboxylic acids is 1. The van der Waals surface area contributed by atoms with Crippen LogP contribution >= 0.6 is 12.4 Å². The van der Waals surface area contributed by atoms with E-state index in [2.05, 4.69) is 22.2 Å². The number of nitrogens with zero attached hydrogens (tertiary/aromatic N) is 3. The zero-order chi connectivity index (χ0) is 16.7. The van der Waals surface area contributed by atoms with Crippen molar-refractivity contribution in [3.8, 4) is 0 Å². The lowest BCUT2D eigenvalue weighted by Gasteiger charge is -2.05. The topological polar surface area (TPSA) is 98.0 Å². The smallest absolute Gasteiger partial charge is 0.287 e. The first kappa shape index (κ1) is 19.5. The molecule has 8 heteroatoms. The van der Waals surface area contributed by atoms with Crippen LogP contribution in [0.5, 0.6) is 0 Å². The van der Waals surface area contributed by atoms with Crippen molar-refractivity contribution in [3.63, 3.8) is 0 Å². The Morgan fingerprint density at radius 1 is 1.17 bits per heavy atom. The molecule has 0 radical (unpaired) electrons. The molecule has 7 nitrogen and oxygen atoms in total. The third-order valence-corrected chi connectivity index (χ3v) is 3.33. The minimum Gasteiger partial charge on any atom is -0.305 e. The molecule has 2 aromatic rings. The molecule has 0 spiro atoms. The lowest BCUT2D eigenvalue weighted by Crippen LogP contribution is -2.14. The monoisotopic (exact) mass is 350 g/mol. The van der Waals surface area contributed by atoms with Crippen molar-refractivity contribution in [3.05, 3.63) is 58.0 Å². The van der Waals surface area contributed by atoms with Crippen LogP contribution in [0.1, 0.15) is 42.2 Å². The number of halogens is 1. The number of unbranched alkanes of at least 4 members (excludes halogenated alkanes) is 2. The molecule has 1 N–H and O–H groups in total. The van der Waals surface area contributed by atoms with Gasteiger partial charge in [-0.2, -0.15) is 0 Å². The molecule has 128 valence electrons. The number of hydrogen-bond acceptors (Lipinski definition) is 5. The lowest BCUT2D eigenvalue weighted by atomic mass is 10.1. The number of anilines is 1. The molecule has 0 bridgehead atoms. The van der Waals surface area contributed by atoms with Crippen LogP contribution < -0.4 is 5.32 Å². The maximum atomic E-state index is 12.1. The number of nitrogens with one attached hydrogen (secondary N) is 1. The Labute approximate surface area is 146 Å². The molecule has 0 aromatic carbocycles. The van der Waals surface area contributed by atoms with E-state index in [0.717, 1.165) is 31.0 Å². The van der Waals surface area contributed by atoms with E-state index < -0.39 is 10.8 Å². The highest BCUT2D eigenvalue weighted by molar-refractivity contribution is 6.02. The van der Waals surface area contributed by atoms with Gasteiger partial charge in [0.15, 0.2) is 0 Å². The molecule has 0 atom stereocenters. The average molecular weight is 351 g/mol. The summed E-state index contributed by atoms with van der Waals surface area (Å²) in [5.41, 5.74) is 1.26. The Kier molecular flexibility index (Phi) is 7.77. The van der Waals surface area contributed by atoms with E-state index in [1.807, 2.05) is 6.07 Å². The summed E-state index contributed by atoms with van der Waals surface area (Å²) in [6.07, 6.45) is 7.20. The number of aromatic nitrogens is 2. The Morgan fingerprint density at radius 2 is 1.96 bits per heavy atom. The largest absolute Gasteiger partial charge is 0.305 e. The maximum absolute atomic E-state index is 12.1. The molecular formula is C16H19ClN4O3. The van der Waals surface area contributed by atoms with E-state index in [0.29, 0.717) is 0 Å². The quantitative estimate of drug-likeness (QED) is 0.465. The Hall–Kier alpha value is -2.54. The molecule has 2 aromatic heterocycles. The summed E-state index contributed by atoms with van der Waals surface area (Å²) in [6, 6.07) is 6.23. The molecule has 1 amide bonds. The summed E-state index contributed by atoms with van der Waals surface area (Å²) in [6.45, 7) is 2.15. The molecule has 0 saturated heterocycles. The normalized spacial score (nSPS) is 9.88. The van der Waals surface area contributed by atoms with Crippen molar-refractivity contribution in [2.75, 3.05) is 5.32 Å². The summed E-state index contributed by atoms with van der Waals surface area (Å²) in [5, 5.41) is 13.1. The number of amides is 1. The van der Waals surface area contributed by atoms with Gasteiger partial charge in [0.1, 0.15) is 17.7 Å². The number of nitro groups is 1. The maximum Gasteiger partial charge on any atom is 0.287 e. The fourth-order valence-corrected chi connectivity index (χ4v) is 2.03. The molecule has 0 aliphatic rings. The van der Waals surface area contributed by atoms with Crippen molar-refractivity contribution in [1.29, 1.82) is 0 Å². The summed E-state index contributed by atoms with van der Waals surface area (Å²) in [5.74, 6) is -0.152. The van der Waals surface area contributed by atoms with Crippen molar-refractivity contribution in [1.82, 2.24) is 9.97 Å². The van der Waals surface area contributed by atoms with Gasteiger partial charge in [0, 0.05) is 12.3 Å². The predicted molar refractivity (Wildman–Crippen MR) is 93.6 cm³/mol. The fraction of sp³-hybridized carbons (Fsp3) is 0.312. The first-order valence-electron chi connectivity index (χ1n) is 7.47. The van der Waals surface area contributed by atoms with Gasteiger partial charge in [0.2, 0.25) is 0 Å². The number of pyridine rings is 2. The molecule has 0 aliphatic carbocycles. The van der Waals surface area contributed by atoms with Gasteiger partial charge in [0.05, 0.1) is 4.92 Å². The van der Waals surface area contributed by atoms with Crippen LogP contribution in [-0.2, 0) is 6.42 Å². The Bertz CT molecular complexity index is 675. The second kappa shape index (κ2) is 9.57. The molecule has 0 unspecified atom stereocenters. The van der Waals surface area contributed by atoms with Gasteiger partial charge in [0.25, 0.3) is 11.6 Å². The first-order valence-corrected chi connectivity index (χ1v) is 7.47. The van der Waals surface area contributed by atoms with E-state index in [9.17, 15) is 14.9 Å². The summed E-state index contributed by atoms with van der Waals surface area (Å²) >= 11 is 0. The van der Waals surface area contributed by atoms with Crippen LogP contribution in [0.2, 0.25) is 0 Å². The van der Waals surface area contributed by atoms with Crippen molar-refractivity contribution < 1.29 is 9.72 Å². The minimum absolute atomic E-state index is 0. The van der Waals surface area contributed by atoms with Crippen LogP contribution in [0.25, 0.3) is 0 Å². The van der Waals surface area contributed by atoms with Gasteiger partial charge < -0.3 is 5.32 Å². The lowest BCUT2D eigenvalue weighted by molar-refractivity contribution is -0.385. The van der Waals surface area contributed by atoms with E-state index in [-0.39, 0.29) is 29.6 Å². The van der Waals surface area contributed by atoms with Gasteiger partial charge in [-0.15, -0.1) is 12.4 Å². The molecule has 0 fully saturated rings. The van der Waals surface area contributed by atoms with Crippen molar-refractivity contribution >= 4 is 29.8 Å². The Balaban J connectivity index is 0.00000288. The number of rotatable bonds is 7. The second-order valence-corrected chi connectivity index (χ2v) is 5.12. The van der Waals surface area contributed by atoms with Crippen molar-refractivity contribution in [2.45, 2.75) is 32.6 Å². The van der Waals surface area contributed by atoms with Gasteiger partial charge >= 0.3 is 0 Å². The first-order chi connectivity index (χ1) is 11.1. The predicted octanol–water partition coefficient (Wildman–Crippen LogP) is 3.79. The highest BCUT2D eigenvalue weighted by atomic mass is 35.5. The molecule has 2 heterocycles. The van der Waals surface area contributed by atoms with Crippen LogP contribution in [0, 0.1) is 10.1 Å². The van der Waals surface area contributed by atoms with E-state index in [4.69, 9.17) is 0 Å². The number of aryl methyl sites for hydroxylation is 1. The Morgan fingerprint density at radius 3 is 2.50 bits per heavy atom. The third-order valence-electron chi connectivity index (χ3n) is 3.33. The van der Waals surface area contributed by atoms with Crippen LogP contribution in [0.3, 0.4) is 0 Å². The molecule has 24 heavy (non-hydrogen) atoms. The third kappa shape index (κ3) is 5.58. The highest BCUT2D eigenvalue weighted by Gasteiger charge is 2.10. The van der Waals surface area contributed by atoms with Crippen LogP contribution in [-0.4, -0.2) is 20.8 Å². The minimum atomic E-state index is -0.544. The number of carbonyl (C=O) groups is 1. The van der Waals surface area contributed by atoms with Crippen molar-refractivity contribution in [2.24, 2.45) is 0 Å². The molecule has 0 aliphatic heterocycles. The molecule has 2 rings (SSSR count). The zero-order valence-corrected chi connectivity index (χ0v) is 14.1. The van der Waals surface area contributed by atoms with Gasteiger partial charge in [-0.3, -0.25) is 19.9 Å². The molecule has 0 saturated carbocycles. The second-order valence-electron chi connectivity index (χ2n) is 5.12. The van der Waals surface area contributed by atoms with E-state index >= 15 is 0 Å². The highest BCUT2D eigenvalue weighted by Crippen LogP contribution is 2.13. The summed E-state index contributed by atoms with van der Waals surface area (Å²) < 4.78 is 0. The summed E-state index contributed by atoms with van der Waals surface area (Å²) in [4.78, 5) is 30.0. The zero-order valence-electron chi connectivity index (χ0n) is 13.3.